The number of azo groups is 1. The SMILES string of the molecule is CCOC(=O)N1CCN(CC2=CC(C)(C)n3c(O)c(N=NC(=N)N)c4cccc2c43)CC1.Cl. The molecule has 0 atom stereocenters. The van der Waals surface area contributed by atoms with Gasteiger partial charge in [0.05, 0.1) is 17.7 Å². The molecule has 0 aliphatic carbocycles. The number of hydrogen-bond acceptors (Lipinski definition) is 6. The molecule has 3 heterocycles. The Balaban J connectivity index is 0.00000306. The van der Waals surface area contributed by atoms with E-state index in [4.69, 9.17) is 15.9 Å². The predicted molar refractivity (Wildman–Crippen MR) is 130 cm³/mol. The van der Waals surface area contributed by atoms with Crippen LogP contribution < -0.4 is 5.73 Å². The van der Waals surface area contributed by atoms with Crippen LogP contribution in [-0.4, -0.2) is 70.9 Å². The fourth-order valence-corrected chi connectivity index (χ4v) is 4.57. The van der Waals surface area contributed by atoms with E-state index in [0.717, 1.165) is 41.7 Å². The van der Waals surface area contributed by atoms with Gasteiger partial charge in [-0.1, -0.05) is 24.3 Å². The van der Waals surface area contributed by atoms with Crippen molar-refractivity contribution in [2.24, 2.45) is 16.0 Å². The highest BCUT2D eigenvalue weighted by atomic mass is 35.5. The number of guanidine groups is 1. The van der Waals surface area contributed by atoms with Crippen LogP contribution in [0.15, 0.2) is 34.5 Å². The van der Waals surface area contributed by atoms with Crippen molar-refractivity contribution in [3.8, 4) is 5.88 Å². The fraction of sp³-hybridized carbons (Fsp3) is 0.455. The number of nitrogens with one attached hydrogen (secondary N) is 1. The van der Waals surface area contributed by atoms with Crippen LogP contribution in [0.4, 0.5) is 10.5 Å². The molecule has 1 saturated heterocycles. The van der Waals surface area contributed by atoms with Crippen LogP contribution in [0.25, 0.3) is 16.5 Å². The molecule has 2 aliphatic rings. The van der Waals surface area contributed by atoms with E-state index in [-0.39, 0.29) is 24.4 Å². The van der Waals surface area contributed by atoms with Crippen molar-refractivity contribution in [3.63, 3.8) is 0 Å². The van der Waals surface area contributed by atoms with Crippen molar-refractivity contribution >= 4 is 46.6 Å². The number of carbonyl (C=O) groups is 1. The van der Waals surface area contributed by atoms with Gasteiger partial charge in [0.15, 0.2) is 5.69 Å². The largest absolute Gasteiger partial charge is 0.493 e. The maximum absolute atomic E-state index is 12.0. The van der Waals surface area contributed by atoms with Crippen molar-refractivity contribution in [2.75, 3.05) is 39.3 Å². The first kappa shape index (κ1) is 24.5. The summed E-state index contributed by atoms with van der Waals surface area (Å²) in [6.07, 6.45) is 1.91. The van der Waals surface area contributed by atoms with E-state index in [1.54, 1.807) is 4.90 Å². The third-order valence-corrected chi connectivity index (χ3v) is 5.94. The van der Waals surface area contributed by atoms with E-state index in [2.05, 4.69) is 21.2 Å². The smallest absolute Gasteiger partial charge is 0.409 e. The first-order chi connectivity index (χ1) is 15.2. The number of ether oxygens (including phenoxy) is 1. The summed E-state index contributed by atoms with van der Waals surface area (Å²) in [7, 11) is 0. The van der Waals surface area contributed by atoms with E-state index in [1.807, 2.05) is 43.5 Å². The van der Waals surface area contributed by atoms with Gasteiger partial charge in [-0.3, -0.25) is 10.3 Å². The molecule has 0 unspecified atom stereocenters. The number of benzene rings is 1. The Morgan fingerprint density at radius 2 is 1.97 bits per heavy atom. The molecule has 0 bridgehead atoms. The van der Waals surface area contributed by atoms with E-state index >= 15 is 0 Å². The van der Waals surface area contributed by atoms with Gasteiger partial charge in [0.2, 0.25) is 11.8 Å². The number of carbonyl (C=O) groups excluding carboxylic acids is 1. The van der Waals surface area contributed by atoms with Gasteiger partial charge >= 0.3 is 6.09 Å². The predicted octanol–water partition coefficient (Wildman–Crippen LogP) is 3.65. The average Bonchev–Trinajstić information content (AvgIpc) is 3.03. The number of allylic oxidation sites excluding steroid dienone is 1. The minimum absolute atomic E-state index is 0. The summed E-state index contributed by atoms with van der Waals surface area (Å²) in [4.78, 5) is 16.1. The summed E-state index contributed by atoms with van der Waals surface area (Å²) in [5, 5.41) is 26.7. The van der Waals surface area contributed by atoms with Gasteiger partial charge in [-0.15, -0.1) is 22.6 Å². The lowest BCUT2D eigenvalue weighted by atomic mass is 9.90. The van der Waals surface area contributed by atoms with E-state index in [0.29, 0.717) is 25.4 Å². The molecule has 2 aliphatic heterocycles. The van der Waals surface area contributed by atoms with Gasteiger partial charge in [-0.25, -0.2) is 4.79 Å². The zero-order valence-corrected chi connectivity index (χ0v) is 19.9. The number of aromatic nitrogens is 1. The number of para-hydroxylation sites is 1. The number of nitrogens with two attached hydrogens (primary N) is 1. The fourth-order valence-electron chi connectivity index (χ4n) is 4.57. The molecule has 1 fully saturated rings. The number of rotatable bonds is 4. The van der Waals surface area contributed by atoms with Crippen LogP contribution in [-0.2, 0) is 10.3 Å². The number of piperazine rings is 1. The summed E-state index contributed by atoms with van der Waals surface area (Å²) < 4.78 is 6.97. The van der Waals surface area contributed by atoms with Gasteiger partial charge in [-0.05, 0) is 26.3 Å². The number of aromatic hydroxyl groups is 1. The minimum Gasteiger partial charge on any atom is -0.493 e. The molecule has 1 amide bonds. The maximum atomic E-state index is 12.0. The molecule has 1 aromatic heterocycles. The Morgan fingerprint density at radius 3 is 2.61 bits per heavy atom. The highest BCUT2D eigenvalue weighted by Gasteiger charge is 2.34. The van der Waals surface area contributed by atoms with Crippen molar-refractivity contribution in [1.29, 1.82) is 5.41 Å². The van der Waals surface area contributed by atoms with Crippen LogP contribution >= 0.6 is 12.4 Å². The quantitative estimate of drug-likeness (QED) is 0.352. The Kier molecular flexibility index (Phi) is 6.99. The molecule has 2 aromatic rings. The second kappa shape index (κ2) is 9.40. The molecule has 11 heteroatoms. The second-order valence-corrected chi connectivity index (χ2v) is 8.58. The summed E-state index contributed by atoms with van der Waals surface area (Å²) >= 11 is 0. The lowest BCUT2D eigenvalue weighted by Gasteiger charge is -2.37. The molecule has 33 heavy (non-hydrogen) atoms. The van der Waals surface area contributed by atoms with Crippen LogP contribution in [0.5, 0.6) is 5.88 Å². The van der Waals surface area contributed by atoms with Gasteiger partial charge < -0.3 is 25.0 Å². The molecule has 0 spiro atoms. The monoisotopic (exact) mass is 475 g/mol. The van der Waals surface area contributed by atoms with Crippen molar-refractivity contribution in [3.05, 3.63) is 29.8 Å². The molecule has 0 saturated carbocycles. The lowest BCUT2D eigenvalue weighted by molar-refractivity contribution is 0.0829. The normalized spacial score (nSPS) is 17.7. The standard InChI is InChI=1S/C22H29N7O3.ClH/c1-4-32-21(31)28-10-8-27(9-11-28)13-14-12-22(2,3)29-18-15(14)6-5-7-16(18)17(19(29)30)25-26-20(23)24;/h5-7,12,30H,4,8-11,13H2,1-3H3,(H3,23,24);1H. The first-order valence-corrected chi connectivity index (χ1v) is 10.7. The third kappa shape index (κ3) is 4.53. The maximum Gasteiger partial charge on any atom is 0.409 e. The van der Waals surface area contributed by atoms with E-state index in [9.17, 15) is 9.90 Å². The van der Waals surface area contributed by atoms with Crippen LogP contribution in [0.2, 0.25) is 0 Å². The molecular formula is C22H30ClN7O3. The zero-order chi connectivity index (χ0) is 23.0. The zero-order valence-electron chi connectivity index (χ0n) is 19.0. The average molecular weight is 476 g/mol. The molecule has 4 rings (SSSR count). The highest BCUT2D eigenvalue weighted by Crippen LogP contribution is 2.48. The number of hydrogen-bond donors (Lipinski definition) is 3. The summed E-state index contributed by atoms with van der Waals surface area (Å²) in [6, 6.07) is 5.86. The minimum atomic E-state index is -0.497. The van der Waals surface area contributed by atoms with Gasteiger partial charge in [-0.2, -0.15) is 0 Å². The first-order valence-electron chi connectivity index (χ1n) is 10.7. The second-order valence-electron chi connectivity index (χ2n) is 8.58. The topological polar surface area (TPSA) is 133 Å². The molecule has 178 valence electrons. The Labute approximate surface area is 198 Å². The Morgan fingerprint density at radius 1 is 1.27 bits per heavy atom. The van der Waals surface area contributed by atoms with Crippen molar-refractivity contribution < 1.29 is 14.6 Å². The van der Waals surface area contributed by atoms with Gasteiger partial charge in [0.1, 0.15) is 0 Å². The van der Waals surface area contributed by atoms with Crippen LogP contribution in [0, 0.1) is 5.41 Å². The third-order valence-electron chi connectivity index (χ3n) is 5.94. The molecule has 10 nitrogen and oxygen atoms in total. The Bertz CT molecular complexity index is 1130. The molecular weight excluding hydrogens is 446 g/mol. The number of amides is 1. The van der Waals surface area contributed by atoms with E-state index < -0.39 is 11.5 Å². The van der Waals surface area contributed by atoms with Gasteiger partial charge in [0.25, 0.3) is 0 Å². The molecule has 4 N–H and O–H groups in total. The Hall–Kier alpha value is -3.11. The van der Waals surface area contributed by atoms with Crippen molar-refractivity contribution in [2.45, 2.75) is 26.3 Å². The molecule has 0 radical (unpaired) electrons. The number of halogens is 1. The van der Waals surface area contributed by atoms with Gasteiger partial charge in [0, 0.05) is 43.7 Å². The summed E-state index contributed by atoms with van der Waals surface area (Å²) in [6.45, 7) is 9.78. The van der Waals surface area contributed by atoms with Crippen LogP contribution in [0.3, 0.4) is 0 Å². The van der Waals surface area contributed by atoms with E-state index in [1.165, 1.54) is 0 Å². The summed E-state index contributed by atoms with van der Waals surface area (Å²) in [5.74, 6) is -0.419. The number of nitrogens with zero attached hydrogens (tertiary/aromatic N) is 5. The van der Waals surface area contributed by atoms with Crippen molar-refractivity contribution in [1.82, 2.24) is 14.4 Å². The summed E-state index contributed by atoms with van der Waals surface area (Å²) in [5.41, 5.74) is 8.20. The van der Waals surface area contributed by atoms with Crippen LogP contribution in [0.1, 0.15) is 26.3 Å². The lowest BCUT2D eigenvalue weighted by Crippen LogP contribution is -2.49. The highest BCUT2D eigenvalue weighted by molar-refractivity contribution is 6.03. The molecule has 1 aromatic carbocycles.